The van der Waals surface area contributed by atoms with Crippen molar-refractivity contribution in [1.29, 1.82) is 0 Å². The maximum absolute atomic E-state index is 12.1. The minimum atomic E-state index is -0.833. The molecule has 2 aromatic heterocycles. The van der Waals surface area contributed by atoms with Crippen molar-refractivity contribution in [3.05, 3.63) is 75.3 Å². The number of rotatable bonds is 2. The topological polar surface area (TPSA) is 77.5 Å². The fourth-order valence-corrected chi connectivity index (χ4v) is 1.74. The fraction of sp³-hybridized carbons (Fsp3) is 0. The normalized spacial score (nSPS) is 11.2. The van der Waals surface area contributed by atoms with Crippen LogP contribution in [0.4, 0.5) is 0 Å². The van der Waals surface area contributed by atoms with Crippen molar-refractivity contribution in [2.24, 2.45) is 5.10 Å². The summed E-state index contributed by atoms with van der Waals surface area (Å²) >= 11 is 0. The molecule has 3 aromatic rings. The first-order chi connectivity index (χ1) is 9.75. The van der Waals surface area contributed by atoms with Crippen molar-refractivity contribution in [2.45, 2.75) is 0 Å². The second kappa shape index (κ2) is 4.93. The first-order valence-corrected chi connectivity index (χ1v) is 5.86. The van der Waals surface area contributed by atoms with Crippen molar-refractivity contribution in [1.82, 2.24) is 9.66 Å². The van der Waals surface area contributed by atoms with E-state index >= 15 is 0 Å². The largest absolute Gasteiger partial charge is 0.443 e. The fourth-order valence-electron chi connectivity index (χ4n) is 1.74. The summed E-state index contributed by atoms with van der Waals surface area (Å²) in [5.74, 6) is -0.833. The van der Waals surface area contributed by atoms with Crippen molar-refractivity contribution in [2.75, 3.05) is 0 Å². The molecule has 6 nitrogen and oxygen atoms in total. The first kappa shape index (κ1) is 12.0. The molecule has 0 saturated heterocycles. The smallest absolute Gasteiger partial charge is 0.408 e. The minimum Gasteiger partial charge on any atom is -0.408 e. The van der Waals surface area contributed by atoms with Crippen LogP contribution in [0.15, 0.2) is 67.8 Å². The van der Waals surface area contributed by atoms with Gasteiger partial charge in [0.1, 0.15) is 5.58 Å². The Hall–Kier alpha value is -3.02. The summed E-state index contributed by atoms with van der Waals surface area (Å²) < 4.78 is 5.71. The second-order valence-electron chi connectivity index (χ2n) is 3.98. The van der Waals surface area contributed by atoms with Crippen LogP contribution in [0, 0.1) is 0 Å². The van der Waals surface area contributed by atoms with Gasteiger partial charge in [-0.05, 0) is 24.3 Å². The lowest BCUT2D eigenvalue weighted by atomic mass is 10.2. The Morgan fingerprint density at radius 2 is 1.90 bits per heavy atom. The van der Waals surface area contributed by atoms with Gasteiger partial charge in [-0.15, -0.1) is 4.68 Å². The molecule has 0 N–H and O–H groups in total. The maximum Gasteiger partial charge on any atom is 0.443 e. The van der Waals surface area contributed by atoms with Crippen molar-refractivity contribution >= 4 is 17.2 Å². The van der Waals surface area contributed by atoms with Crippen molar-refractivity contribution in [3.63, 3.8) is 0 Å². The number of hydrogen-bond donors (Lipinski definition) is 0. The molecule has 0 amide bonds. The van der Waals surface area contributed by atoms with Crippen LogP contribution in [0.3, 0.4) is 0 Å². The van der Waals surface area contributed by atoms with Crippen LogP contribution in [-0.4, -0.2) is 15.9 Å². The van der Waals surface area contributed by atoms with Crippen LogP contribution in [0.5, 0.6) is 0 Å². The Morgan fingerprint density at radius 3 is 2.70 bits per heavy atom. The van der Waals surface area contributed by atoms with E-state index in [1.807, 2.05) is 0 Å². The summed E-state index contributed by atoms with van der Waals surface area (Å²) in [6.07, 6.45) is 2.92. The third kappa shape index (κ3) is 2.14. The molecule has 6 heteroatoms. The van der Waals surface area contributed by atoms with E-state index in [-0.39, 0.29) is 5.58 Å². The summed E-state index contributed by atoms with van der Waals surface area (Å²) in [6.45, 7) is 0. The van der Waals surface area contributed by atoms with Crippen molar-refractivity contribution < 1.29 is 4.42 Å². The molecule has 0 atom stereocenters. The van der Waals surface area contributed by atoms with Gasteiger partial charge in [0.25, 0.3) is 5.56 Å². The summed E-state index contributed by atoms with van der Waals surface area (Å²) in [5, 5.41) is 4.13. The number of nitrogens with zero attached hydrogens (tertiary/aromatic N) is 3. The molecule has 0 fully saturated rings. The van der Waals surface area contributed by atoms with Gasteiger partial charge in [0.05, 0.1) is 17.3 Å². The van der Waals surface area contributed by atoms with Gasteiger partial charge in [-0.1, -0.05) is 18.2 Å². The molecule has 1 aromatic carbocycles. The van der Waals surface area contributed by atoms with E-state index in [4.69, 9.17) is 4.42 Å². The lowest BCUT2D eigenvalue weighted by Gasteiger charge is -1.98. The van der Waals surface area contributed by atoms with Gasteiger partial charge in [-0.3, -0.25) is 9.78 Å². The van der Waals surface area contributed by atoms with Crippen LogP contribution in [-0.2, 0) is 0 Å². The average Bonchev–Trinajstić information content (AvgIpc) is 2.48. The van der Waals surface area contributed by atoms with Crippen LogP contribution >= 0.6 is 0 Å². The lowest BCUT2D eigenvalue weighted by molar-refractivity contribution is 0.481. The molecule has 0 radical (unpaired) electrons. The lowest BCUT2D eigenvalue weighted by Crippen LogP contribution is -2.29. The Kier molecular flexibility index (Phi) is 2.96. The zero-order valence-corrected chi connectivity index (χ0v) is 10.3. The molecule has 98 valence electrons. The maximum atomic E-state index is 12.1. The first-order valence-electron chi connectivity index (χ1n) is 5.86. The molecule has 0 spiro atoms. The van der Waals surface area contributed by atoms with E-state index in [1.54, 1.807) is 48.7 Å². The summed E-state index contributed by atoms with van der Waals surface area (Å²) in [5.41, 5.74) is 0.253. The third-order valence-electron chi connectivity index (χ3n) is 2.67. The highest BCUT2D eigenvalue weighted by Crippen LogP contribution is 2.05. The molecule has 0 unspecified atom stereocenters. The Bertz CT molecular complexity index is 895. The SMILES string of the molecule is O=c1oc2ccccc2c(=O)n1/N=C/c1ccccn1. The molecule has 3 rings (SSSR count). The third-order valence-corrected chi connectivity index (χ3v) is 2.67. The van der Waals surface area contributed by atoms with E-state index in [0.29, 0.717) is 15.8 Å². The van der Waals surface area contributed by atoms with Gasteiger partial charge in [0.2, 0.25) is 0 Å². The Balaban J connectivity index is 2.15. The molecule has 0 saturated carbocycles. The average molecular weight is 267 g/mol. The van der Waals surface area contributed by atoms with Crippen LogP contribution in [0.1, 0.15) is 5.69 Å². The molecular formula is C14H9N3O3. The zero-order valence-electron chi connectivity index (χ0n) is 10.3. The minimum absolute atomic E-state index is 0.242. The molecule has 0 bridgehead atoms. The zero-order chi connectivity index (χ0) is 13.9. The second-order valence-corrected chi connectivity index (χ2v) is 3.98. The summed E-state index contributed by atoms with van der Waals surface area (Å²) in [7, 11) is 0. The van der Waals surface area contributed by atoms with Crippen molar-refractivity contribution in [3.8, 4) is 0 Å². The number of fused-ring (bicyclic) bond motifs is 1. The Labute approximate surface area is 112 Å². The number of hydrogen-bond acceptors (Lipinski definition) is 5. The van der Waals surface area contributed by atoms with Gasteiger partial charge >= 0.3 is 5.76 Å². The van der Waals surface area contributed by atoms with E-state index in [2.05, 4.69) is 10.1 Å². The number of para-hydroxylation sites is 1. The van der Waals surface area contributed by atoms with Gasteiger partial charge in [-0.2, -0.15) is 5.10 Å². The molecule has 20 heavy (non-hydrogen) atoms. The molecule has 0 aliphatic rings. The highest BCUT2D eigenvalue weighted by atomic mass is 16.4. The summed E-state index contributed by atoms with van der Waals surface area (Å²) in [4.78, 5) is 27.9. The monoisotopic (exact) mass is 267 g/mol. The van der Waals surface area contributed by atoms with Gasteiger partial charge in [-0.25, -0.2) is 4.79 Å². The van der Waals surface area contributed by atoms with Gasteiger partial charge < -0.3 is 4.42 Å². The predicted molar refractivity (Wildman–Crippen MR) is 74.0 cm³/mol. The molecule has 2 heterocycles. The molecule has 0 aliphatic carbocycles. The molecule has 0 aliphatic heterocycles. The van der Waals surface area contributed by atoms with Gasteiger partial charge in [0, 0.05) is 6.20 Å². The number of benzene rings is 1. The van der Waals surface area contributed by atoms with Crippen LogP contribution in [0.2, 0.25) is 0 Å². The number of pyridine rings is 1. The van der Waals surface area contributed by atoms with Gasteiger partial charge in [0.15, 0.2) is 0 Å². The summed E-state index contributed by atoms with van der Waals surface area (Å²) in [6, 6.07) is 11.8. The van der Waals surface area contributed by atoms with Crippen LogP contribution in [0.25, 0.3) is 11.0 Å². The molecular weight excluding hydrogens is 258 g/mol. The Morgan fingerprint density at radius 1 is 1.10 bits per heavy atom. The highest BCUT2D eigenvalue weighted by molar-refractivity contribution is 5.77. The van der Waals surface area contributed by atoms with Crippen LogP contribution < -0.4 is 11.3 Å². The highest BCUT2D eigenvalue weighted by Gasteiger charge is 2.07. The standard InChI is InChI=1S/C14H9N3O3/c18-13-11-6-1-2-7-12(11)20-14(19)17(13)16-9-10-5-3-4-8-15-10/h1-9H/b16-9+. The quantitative estimate of drug-likeness (QED) is 0.654. The predicted octanol–water partition coefficient (Wildman–Crippen LogP) is 1.23. The number of aromatic nitrogens is 2. The van der Waals surface area contributed by atoms with E-state index in [0.717, 1.165) is 0 Å². The van der Waals surface area contributed by atoms with E-state index in [9.17, 15) is 9.59 Å². The van der Waals surface area contributed by atoms with E-state index < -0.39 is 11.3 Å². The van der Waals surface area contributed by atoms with E-state index in [1.165, 1.54) is 6.21 Å².